The number of carbonyl (C=O) groups excluding carboxylic acids is 1. The molecule has 0 aromatic heterocycles. The molecule has 1 unspecified atom stereocenters. The maximum Gasteiger partial charge on any atom is 0.418 e. The van der Waals surface area contributed by atoms with Gasteiger partial charge in [-0.2, -0.15) is 13.2 Å². The van der Waals surface area contributed by atoms with Crippen molar-refractivity contribution < 1.29 is 22.7 Å². The molecule has 2 aliphatic carbocycles. The summed E-state index contributed by atoms with van der Waals surface area (Å²) in [6.07, 6.45) is 0.249. The van der Waals surface area contributed by atoms with Crippen LogP contribution in [-0.2, 0) is 10.9 Å². The molecule has 154 valence electrons. The van der Waals surface area contributed by atoms with Gasteiger partial charge in [0.1, 0.15) is 6.10 Å². The van der Waals surface area contributed by atoms with Crippen LogP contribution in [0.5, 0.6) is 0 Å². The SMILES string of the molecule is O=C(Nc1ccccc1C(F)(F)F)OC1CCC12CCC(c1ccccc1)CC2. The lowest BCUT2D eigenvalue weighted by Gasteiger charge is -2.52. The number of anilines is 1. The summed E-state index contributed by atoms with van der Waals surface area (Å²) in [7, 11) is 0. The maximum atomic E-state index is 13.1. The monoisotopic (exact) mass is 403 g/mol. The Hall–Kier alpha value is -2.50. The van der Waals surface area contributed by atoms with E-state index in [1.54, 1.807) is 0 Å². The summed E-state index contributed by atoms with van der Waals surface area (Å²) in [5.74, 6) is 0.524. The molecule has 1 N–H and O–H groups in total. The number of hydrogen-bond donors (Lipinski definition) is 1. The number of hydrogen-bond acceptors (Lipinski definition) is 2. The molecule has 1 atom stereocenters. The fraction of sp³-hybridized carbons (Fsp3) is 0.435. The van der Waals surface area contributed by atoms with Crippen molar-refractivity contribution in [2.24, 2.45) is 5.41 Å². The van der Waals surface area contributed by atoms with E-state index in [0.717, 1.165) is 44.6 Å². The third kappa shape index (κ3) is 4.11. The fourth-order valence-electron chi connectivity index (χ4n) is 4.79. The summed E-state index contributed by atoms with van der Waals surface area (Å²) >= 11 is 0. The Bertz CT molecular complexity index is 858. The first-order valence-electron chi connectivity index (χ1n) is 10.1. The second-order valence-electron chi connectivity index (χ2n) is 8.15. The summed E-state index contributed by atoms with van der Waals surface area (Å²) in [5, 5.41) is 2.29. The number of alkyl halides is 3. The molecular weight excluding hydrogens is 379 g/mol. The van der Waals surface area contributed by atoms with Crippen molar-refractivity contribution in [1.29, 1.82) is 0 Å². The van der Waals surface area contributed by atoms with E-state index in [0.29, 0.717) is 5.92 Å². The van der Waals surface area contributed by atoms with Crippen molar-refractivity contribution in [1.82, 2.24) is 0 Å². The van der Waals surface area contributed by atoms with Gasteiger partial charge in [0.2, 0.25) is 0 Å². The Kier molecular flexibility index (Phi) is 5.28. The molecule has 4 rings (SSSR count). The van der Waals surface area contributed by atoms with Crippen LogP contribution in [-0.4, -0.2) is 12.2 Å². The van der Waals surface area contributed by atoms with Gasteiger partial charge in [-0.15, -0.1) is 0 Å². The molecule has 0 aliphatic heterocycles. The first kappa shape index (κ1) is 19.8. The molecule has 0 bridgehead atoms. The smallest absolute Gasteiger partial charge is 0.418 e. The van der Waals surface area contributed by atoms with E-state index in [1.807, 2.05) is 6.07 Å². The van der Waals surface area contributed by atoms with Gasteiger partial charge in [-0.05, 0) is 62.1 Å². The number of ether oxygens (including phenoxy) is 1. The minimum absolute atomic E-state index is 0.0217. The molecule has 2 aliphatic rings. The molecule has 6 heteroatoms. The van der Waals surface area contributed by atoms with Gasteiger partial charge in [0, 0.05) is 5.41 Å². The summed E-state index contributed by atoms with van der Waals surface area (Å²) in [6.45, 7) is 0. The minimum atomic E-state index is -4.53. The highest BCUT2D eigenvalue weighted by atomic mass is 19.4. The first-order valence-corrected chi connectivity index (χ1v) is 10.1. The number of para-hydroxylation sites is 1. The molecule has 2 aromatic carbocycles. The quantitative estimate of drug-likeness (QED) is 0.615. The van der Waals surface area contributed by atoms with Crippen molar-refractivity contribution >= 4 is 11.8 Å². The largest absolute Gasteiger partial charge is 0.445 e. The van der Waals surface area contributed by atoms with Gasteiger partial charge in [-0.1, -0.05) is 42.5 Å². The lowest BCUT2D eigenvalue weighted by Crippen LogP contribution is -2.49. The molecule has 29 heavy (non-hydrogen) atoms. The van der Waals surface area contributed by atoms with Crippen LogP contribution in [0.25, 0.3) is 0 Å². The summed E-state index contributed by atoms with van der Waals surface area (Å²) in [4.78, 5) is 12.3. The van der Waals surface area contributed by atoms with Gasteiger partial charge in [-0.3, -0.25) is 5.32 Å². The summed E-state index contributed by atoms with van der Waals surface area (Å²) < 4.78 is 44.9. The number of nitrogens with one attached hydrogen (secondary N) is 1. The van der Waals surface area contributed by atoms with Crippen LogP contribution in [0.15, 0.2) is 54.6 Å². The van der Waals surface area contributed by atoms with E-state index in [-0.39, 0.29) is 17.2 Å². The maximum absolute atomic E-state index is 13.1. The molecule has 2 fully saturated rings. The van der Waals surface area contributed by atoms with Crippen LogP contribution in [0.3, 0.4) is 0 Å². The van der Waals surface area contributed by atoms with Crippen LogP contribution >= 0.6 is 0 Å². The number of halogens is 3. The van der Waals surface area contributed by atoms with Crippen molar-refractivity contribution in [2.75, 3.05) is 5.32 Å². The van der Waals surface area contributed by atoms with E-state index in [9.17, 15) is 18.0 Å². The molecule has 0 saturated heterocycles. The Balaban J connectivity index is 1.36. The van der Waals surface area contributed by atoms with Gasteiger partial charge in [0.25, 0.3) is 0 Å². The van der Waals surface area contributed by atoms with Gasteiger partial charge in [0.15, 0.2) is 0 Å². The molecule has 0 radical (unpaired) electrons. The van der Waals surface area contributed by atoms with Gasteiger partial charge in [-0.25, -0.2) is 4.79 Å². The van der Waals surface area contributed by atoms with E-state index >= 15 is 0 Å². The van der Waals surface area contributed by atoms with E-state index in [4.69, 9.17) is 4.74 Å². The molecule has 2 aromatic rings. The fourth-order valence-corrected chi connectivity index (χ4v) is 4.79. The lowest BCUT2D eigenvalue weighted by atomic mass is 9.56. The first-order chi connectivity index (χ1) is 13.9. The number of benzene rings is 2. The predicted molar refractivity (Wildman–Crippen MR) is 105 cm³/mol. The highest BCUT2D eigenvalue weighted by Crippen LogP contribution is 2.55. The average Bonchev–Trinajstić information content (AvgIpc) is 2.72. The molecule has 1 amide bonds. The van der Waals surface area contributed by atoms with E-state index in [1.165, 1.54) is 23.8 Å². The van der Waals surface area contributed by atoms with E-state index < -0.39 is 17.8 Å². The third-order valence-corrected chi connectivity index (χ3v) is 6.56. The third-order valence-electron chi connectivity index (χ3n) is 6.56. The molecule has 0 heterocycles. The zero-order valence-corrected chi connectivity index (χ0v) is 16.0. The lowest BCUT2D eigenvalue weighted by molar-refractivity contribution is -0.136. The summed E-state index contributed by atoms with van der Waals surface area (Å²) in [6, 6.07) is 15.4. The normalized spacial score (nSPS) is 26.6. The Labute approximate surface area is 168 Å². The molecular formula is C23H24F3NO2. The van der Waals surface area contributed by atoms with Crippen LogP contribution in [0, 0.1) is 5.41 Å². The number of amides is 1. The number of rotatable bonds is 3. The van der Waals surface area contributed by atoms with Crippen molar-refractivity contribution in [3.8, 4) is 0 Å². The van der Waals surface area contributed by atoms with Crippen LogP contribution in [0.1, 0.15) is 55.6 Å². The van der Waals surface area contributed by atoms with E-state index in [2.05, 4.69) is 29.6 Å². The van der Waals surface area contributed by atoms with Crippen LogP contribution < -0.4 is 5.32 Å². The average molecular weight is 403 g/mol. The van der Waals surface area contributed by atoms with Gasteiger partial charge in [0.05, 0.1) is 11.3 Å². The Morgan fingerprint density at radius 3 is 2.17 bits per heavy atom. The summed E-state index contributed by atoms with van der Waals surface area (Å²) in [5.41, 5.74) is 0.182. The van der Waals surface area contributed by atoms with Gasteiger partial charge < -0.3 is 4.74 Å². The number of carbonyl (C=O) groups is 1. The van der Waals surface area contributed by atoms with Crippen LogP contribution in [0.2, 0.25) is 0 Å². The zero-order valence-electron chi connectivity index (χ0n) is 16.0. The van der Waals surface area contributed by atoms with Gasteiger partial charge >= 0.3 is 12.3 Å². The van der Waals surface area contributed by atoms with Crippen molar-refractivity contribution in [3.63, 3.8) is 0 Å². The van der Waals surface area contributed by atoms with Crippen molar-refractivity contribution in [3.05, 3.63) is 65.7 Å². The van der Waals surface area contributed by atoms with Crippen LogP contribution in [0.4, 0.5) is 23.7 Å². The topological polar surface area (TPSA) is 38.3 Å². The predicted octanol–water partition coefficient (Wildman–Crippen LogP) is 6.76. The Morgan fingerprint density at radius 2 is 1.55 bits per heavy atom. The Morgan fingerprint density at radius 1 is 0.931 bits per heavy atom. The zero-order chi connectivity index (χ0) is 20.5. The van der Waals surface area contributed by atoms with Crippen molar-refractivity contribution in [2.45, 2.75) is 56.7 Å². The highest BCUT2D eigenvalue weighted by Gasteiger charge is 2.50. The molecule has 2 saturated carbocycles. The second-order valence-corrected chi connectivity index (χ2v) is 8.15. The standard InChI is InChI=1S/C23H24F3NO2/c24-23(25,26)18-8-4-5-9-19(18)27-21(28)29-20-12-15-22(20)13-10-17(11-14-22)16-6-2-1-3-7-16/h1-9,17,20H,10-15H2,(H,27,28). The molecule has 1 spiro atoms. The highest BCUT2D eigenvalue weighted by molar-refractivity contribution is 5.86. The second kappa shape index (κ2) is 7.73. The minimum Gasteiger partial charge on any atom is -0.445 e. The molecule has 3 nitrogen and oxygen atoms in total.